The van der Waals surface area contributed by atoms with E-state index in [-0.39, 0.29) is 11.7 Å². The van der Waals surface area contributed by atoms with E-state index in [2.05, 4.69) is 21.8 Å². The first-order chi connectivity index (χ1) is 15.0. The van der Waals surface area contributed by atoms with Crippen LogP contribution in [0.25, 0.3) is 0 Å². The molecule has 0 saturated carbocycles. The van der Waals surface area contributed by atoms with Gasteiger partial charge in [-0.05, 0) is 67.2 Å². The summed E-state index contributed by atoms with van der Waals surface area (Å²) < 4.78 is 13.5. The fraction of sp³-hybridized carbons (Fsp3) is 0.250. The molecule has 31 heavy (non-hydrogen) atoms. The summed E-state index contributed by atoms with van der Waals surface area (Å²) in [5.74, 6) is 0.404. The van der Waals surface area contributed by atoms with Crippen molar-refractivity contribution in [3.63, 3.8) is 0 Å². The number of amides is 1. The van der Waals surface area contributed by atoms with Crippen LogP contribution in [0, 0.1) is 5.82 Å². The number of anilines is 2. The number of hydrogen-bond donors (Lipinski definition) is 0. The van der Waals surface area contributed by atoms with Crippen molar-refractivity contribution in [3.05, 3.63) is 88.8 Å². The van der Waals surface area contributed by atoms with E-state index in [4.69, 9.17) is 11.6 Å². The Balaban J connectivity index is 1.56. The first kappa shape index (κ1) is 21.3. The minimum Gasteiger partial charge on any atom is -0.354 e. The van der Waals surface area contributed by atoms with Gasteiger partial charge in [0.15, 0.2) is 0 Å². The van der Waals surface area contributed by atoms with Crippen LogP contribution in [-0.2, 0) is 6.54 Å². The summed E-state index contributed by atoms with van der Waals surface area (Å²) in [5, 5.41) is 0.563. The SMILES string of the molecule is CN1CCN(c2ccc(CN(C(=O)c3ccc(Cl)cc3)c3ccc(F)cc3)cn2)CC1. The van der Waals surface area contributed by atoms with Gasteiger partial charge in [0.05, 0.1) is 6.54 Å². The van der Waals surface area contributed by atoms with Crippen molar-refractivity contribution in [2.45, 2.75) is 6.54 Å². The van der Waals surface area contributed by atoms with Crippen LogP contribution >= 0.6 is 11.6 Å². The molecule has 1 fully saturated rings. The summed E-state index contributed by atoms with van der Waals surface area (Å²) in [6.07, 6.45) is 1.80. The lowest BCUT2D eigenvalue weighted by Crippen LogP contribution is -2.44. The zero-order chi connectivity index (χ0) is 21.8. The highest BCUT2D eigenvalue weighted by Gasteiger charge is 2.20. The molecule has 5 nitrogen and oxygen atoms in total. The van der Waals surface area contributed by atoms with E-state index in [0.717, 1.165) is 37.6 Å². The molecule has 3 aromatic rings. The predicted octanol–water partition coefficient (Wildman–Crippen LogP) is 4.47. The molecule has 1 aliphatic rings. The maximum atomic E-state index is 13.5. The highest BCUT2D eigenvalue weighted by Crippen LogP contribution is 2.22. The molecule has 1 amide bonds. The third-order valence-electron chi connectivity index (χ3n) is 5.45. The molecule has 0 aliphatic carbocycles. The van der Waals surface area contributed by atoms with Crippen molar-refractivity contribution in [1.82, 2.24) is 9.88 Å². The molecular formula is C24H24ClFN4O. The summed E-state index contributed by atoms with van der Waals surface area (Å²) in [4.78, 5) is 24.1. The van der Waals surface area contributed by atoms with Gasteiger partial charge in [0.25, 0.3) is 5.91 Å². The van der Waals surface area contributed by atoms with Crippen molar-refractivity contribution in [1.29, 1.82) is 0 Å². The second kappa shape index (κ2) is 9.45. The van der Waals surface area contributed by atoms with Crippen LogP contribution in [0.5, 0.6) is 0 Å². The highest BCUT2D eigenvalue weighted by molar-refractivity contribution is 6.30. The minimum absolute atomic E-state index is 0.189. The Kier molecular flexibility index (Phi) is 6.49. The molecule has 0 atom stereocenters. The average Bonchev–Trinajstić information content (AvgIpc) is 2.79. The number of carbonyl (C=O) groups excluding carboxylic acids is 1. The van der Waals surface area contributed by atoms with Gasteiger partial charge in [0, 0.05) is 48.6 Å². The largest absolute Gasteiger partial charge is 0.354 e. The van der Waals surface area contributed by atoms with E-state index in [9.17, 15) is 9.18 Å². The first-order valence-electron chi connectivity index (χ1n) is 10.2. The lowest BCUT2D eigenvalue weighted by Gasteiger charge is -2.33. The number of pyridine rings is 1. The lowest BCUT2D eigenvalue weighted by molar-refractivity contribution is 0.0985. The van der Waals surface area contributed by atoms with Crippen LogP contribution in [0.3, 0.4) is 0 Å². The molecule has 0 unspecified atom stereocenters. The molecule has 2 aromatic carbocycles. The number of hydrogen-bond acceptors (Lipinski definition) is 4. The van der Waals surface area contributed by atoms with Crippen molar-refractivity contribution in [2.75, 3.05) is 43.0 Å². The number of aromatic nitrogens is 1. The number of halogens is 2. The Hall–Kier alpha value is -2.96. The zero-order valence-electron chi connectivity index (χ0n) is 17.3. The van der Waals surface area contributed by atoms with Crippen LogP contribution in [0.15, 0.2) is 66.9 Å². The molecule has 1 aromatic heterocycles. The van der Waals surface area contributed by atoms with E-state index < -0.39 is 0 Å². The molecule has 160 valence electrons. The number of likely N-dealkylation sites (N-methyl/N-ethyl adjacent to an activating group) is 1. The fourth-order valence-corrected chi connectivity index (χ4v) is 3.69. The number of nitrogens with zero attached hydrogens (tertiary/aromatic N) is 4. The summed E-state index contributed by atoms with van der Waals surface area (Å²) in [6.45, 7) is 4.23. The molecule has 4 rings (SSSR count). The quantitative estimate of drug-likeness (QED) is 0.589. The molecule has 1 saturated heterocycles. The van der Waals surface area contributed by atoms with Crippen LogP contribution < -0.4 is 9.80 Å². The molecule has 0 N–H and O–H groups in total. The van der Waals surface area contributed by atoms with Crippen molar-refractivity contribution in [3.8, 4) is 0 Å². The lowest BCUT2D eigenvalue weighted by atomic mass is 10.1. The third-order valence-corrected chi connectivity index (χ3v) is 5.70. The van der Waals surface area contributed by atoms with Crippen LogP contribution in [0.4, 0.5) is 15.9 Å². The standard InChI is InChI=1S/C24H24ClFN4O/c1-28-12-14-29(15-13-28)23-11-2-18(16-27-23)17-30(22-9-7-21(26)8-10-22)24(31)19-3-5-20(25)6-4-19/h2-11,16H,12-15,17H2,1H3. The van der Waals surface area contributed by atoms with Crippen molar-refractivity contribution >= 4 is 29.0 Å². The molecular weight excluding hydrogens is 415 g/mol. The number of carbonyl (C=O) groups is 1. The molecule has 1 aliphatic heterocycles. The molecule has 2 heterocycles. The van der Waals surface area contributed by atoms with E-state index in [1.807, 2.05) is 12.1 Å². The fourth-order valence-electron chi connectivity index (χ4n) is 3.57. The topological polar surface area (TPSA) is 39.7 Å². The van der Waals surface area contributed by atoms with Gasteiger partial charge in [-0.3, -0.25) is 4.79 Å². The van der Waals surface area contributed by atoms with Crippen LogP contribution in [-0.4, -0.2) is 49.0 Å². The van der Waals surface area contributed by atoms with Crippen molar-refractivity contribution < 1.29 is 9.18 Å². The van der Waals surface area contributed by atoms with Gasteiger partial charge in [-0.1, -0.05) is 17.7 Å². The Morgan fingerprint density at radius 1 is 1.00 bits per heavy atom. The number of benzene rings is 2. The monoisotopic (exact) mass is 438 g/mol. The maximum absolute atomic E-state index is 13.5. The smallest absolute Gasteiger partial charge is 0.258 e. The molecule has 0 spiro atoms. The summed E-state index contributed by atoms with van der Waals surface area (Å²) in [7, 11) is 2.12. The summed E-state index contributed by atoms with van der Waals surface area (Å²) in [5.41, 5.74) is 2.02. The Morgan fingerprint density at radius 2 is 1.68 bits per heavy atom. The number of rotatable bonds is 5. The van der Waals surface area contributed by atoms with E-state index in [0.29, 0.717) is 22.8 Å². The van der Waals surface area contributed by atoms with Gasteiger partial charge in [0.1, 0.15) is 11.6 Å². The average molecular weight is 439 g/mol. The van der Waals surface area contributed by atoms with E-state index >= 15 is 0 Å². The Labute approximate surface area is 186 Å². The van der Waals surface area contributed by atoms with E-state index in [1.165, 1.54) is 12.1 Å². The van der Waals surface area contributed by atoms with Gasteiger partial charge in [-0.2, -0.15) is 0 Å². The normalized spacial score (nSPS) is 14.5. The Morgan fingerprint density at radius 3 is 2.29 bits per heavy atom. The third kappa shape index (κ3) is 5.21. The highest BCUT2D eigenvalue weighted by atomic mass is 35.5. The van der Waals surface area contributed by atoms with Crippen molar-refractivity contribution in [2.24, 2.45) is 0 Å². The van der Waals surface area contributed by atoms with Crippen LogP contribution in [0.2, 0.25) is 5.02 Å². The van der Waals surface area contributed by atoms with Gasteiger partial charge >= 0.3 is 0 Å². The van der Waals surface area contributed by atoms with E-state index in [1.54, 1.807) is 47.5 Å². The summed E-state index contributed by atoms with van der Waals surface area (Å²) >= 11 is 5.97. The molecule has 0 bridgehead atoms. The Bertz CT molecular complexity index is 1020. The minimum atomic E-state index is -0.346. The molecule has 7 heteroatoms. The van der Waals surface area contributed by atoms with Gasteiger partial charge in [0.2, 0.25) is 0 Å². The summed E-state index contributed by atoms with van der Waals surface area (Å²) in [6, 6.07) is 16.7. The second-order valence-corrected chi connectivity index (χ2v) is 8.13. The first-order valence-corrected chi connectivity index (χ1v) is 10.6. The second-order valence-electron chi connectivity index (χ2n) is 7.69. The van der Waals surface area contributed by atoms with Crippen LogP contribution in [0.1, 0.15) is 15.9 Å². The molecule has 0 radical (unpaired) electrons. The van der Waals surface area contributed by atoms with Gasteiger partial charge in [-0.25, -0.2) is 9.37 Å². The zero-order valence-corrected chi connectivity index (χ0v) is 18.1. The number of piperazine rings is 1. The van der Waals surface area contributed by atoms with Gasteiger partial charge in [-0.15, -0.1) is 0 Å². The predicted molar refractivity (Wildman–Crippen MR) is 122 cm³/mol. The van der Waals surface area contributed by atoms with Gasteiger partial charge < -0.3 is 14.7 Å². The maximum Gasteiger partial charge on any atom is 0.258 e.